The molecule has 0 saturated carbocycles. The fourth-order valence-electron chi connectivity index (χ4n) is 3.65. The van der Waals surface area contributed by atoms with E-state index in [1.807, 2.05) is 0 Å². The molecule has 0 saturated heterocycles. The van der Waals surface area contributed by atoms with Crippen molar-refractivity contribution in [3.8, 4) is 34.3 Å². The van der Waals surface area contributed by atoms with Crippen LogP contribution in [0.3, 0.4) is 0 Å². The zero-order chi connectivity index (χ0) is 23.5. The molecule has 0 aliphatic heterocycles. The largest absolute Gasteiger partial charge is 0.497 e. The molecule has 33 heavy (non-hydrogen) atoms. The van der Waals surface area contributed by atoms with Crippen molar-refractivity contribution in [2.75, 3.05) is 28.4 Å². The Balaban J connectivity index is 1.99. The van der Waals surface area contributed by atoms with Gasteiger partial charge in [-0.1, -0.05) is 12.1 Å². The third-order valence-electron chi connectivity index (χ3n) is 5.30. The van der Waals surface area contributed by atoms with Crippen molar-refractivity contribution in [2.24, 2.45) is 0 Å². The van der Waals surface area contributed by atoms with E-state index in [0.717, 1.165) is 0 Å². The maximum atomic E-state index is 13.7. The molecule has 168 valence electrons. The second-order valence-electron chi connectivity index (χ2n) is 7.10. The highest BCUT2D eigenvalue weighted by Crippen LogP contribution is 2.39. The highest BCUT2D eigenvalue weighted by molar-refractivity contribution is 6.13. The Hall–Kier alpha value is -4.26. The van der Waals surface area contributed by atoms with E-state index in [1.54, 1.807) is 55.6 Å². The summed E-state index contributed by atoms with van der Waals surface area (Å²) in [6, 6.07) is 16.8. The second kappa shape index (κ2) is 9.08. The lowest BCUT2D eigenvalue weighted by Gasteiger charge is -2.15. The van der Waals surface area contributed by atoms with Crippen molar-refractivity contribution in [3.63, 3.8) is 0 Å². The lowest BCUT2D eigenvalue weighted by atomic mass is 9.96. The van der Waals surface area contributed by atoms with Crippen molar-refractivity contribution in [1.29, 1.82) is 0 Å². The van der Waals surface area contributed by atoms with Gasteiger partial charge in [0.05, 0.1) is 33.8 Å². The summed E-state index contributed by atoms with van der Waals surface area (Å²) < 4.78 is 27.4. The van der Waals surface area contributed by atoms with Gasteiger partial charge in [-0.15, -0.1) is 0 Å². The standard InChI is InChI=1S/C26H22O7/c1-29-17-11-9-15(10-12-17)25-22(24(28)18-7-5-6-8-19(18)33-25)23(27)16-13-20(30-2)26(32-4)21(14-16)31-3/h5-14H,1-4H3. The Morgan fingerprint density at radius 1 is 0.788 bits per heavy atom. The van der Waals surface area contributed by atoms with Crippen LogP contribution in [0.25, 0.3) is 22.3 Å². The summed E-state index contributed by atoms with van der Waals surface area (Å²) in [6.07, 6.45) is 0. The average Bonchev–Trinajstić information content (AvgIpc) is 2.87. The molecule has 0 fully saturated rings. The number of rotatable bonds is 7. The number of para-hydroxylation sites is 1. The first kappa shape index (κ1) is 22.0. The van der Waals surface area contributed by atoms with Crippen LogP contribution < -0.4 is 24.4 Å². The van der Waals surface area contributed by atoms with Gasteiger partial charge in [0, 0.05) is 11.1 Å². The first-order valence-corrected chi connectivity index (χ1v) is 10.1. The van der Waals surface area contributed by atoms with E-state index < -0.39 is 11.2 Å². The summed E-state index contributed by atoms with van der Waals surface area (Å²) in [6.45, 7) is 0. The van der Waals surface area contributed by atoms with E-state index in [1.165, 1.54) is 33.5 Å². The molecule has 0 unspecified atom stereocenters. The number of ether oxygens (including phenoxy) is 4. The highest BCUT2D eigenvalue weighted by Gasteiger charge is 2.26. The molecule has 0 radical (unpaired) electrons. The minimum absolute atomic E-state index is 0.0897. The van der Waals surface area contributed by atoms with Crippen LogP contribution in [-0.2, 0) is 0 Å². The number of methoxy groups -OCH3 is 4. The topological polar surface area (TPSA) is 84.2 Å². The van der Waals surface area contributed by atoms with Gasteiger partial charge in [0.2, 0.25) is 17.0 Å². The first-order chi connectivity index (χ1) is 16.0. The van der Waals surface area contributed by atoms with Crippen molar-refractivity contribution >= 4 is 16.8 Å². The SMILES string of the molecule is COc1ccc(-c2oc3ccccc3c(=O)c2C(=O)c2cc(OC)c(OC)c(OC)c2)cc1. The Bertz CT molecular complexity index is 1360. The predicted molar refractivity (Wildman–Crippen MR) is 124 cm³/mol. The van der Waals surface area contributed by atoms with Gasteiger partial charge in [-0.3, -0.25) is 9.59 Å². The van der Waals surface area contributed by atoms with Crippen LogP contribution in [0.15, 0.2) is 69.9 Å². The lowest BCUT2D eigenvalue weighted by molar-refractivity contribution is 0.103. The highest BCUT2D eigenvalue weighted by atomic mass is 16.5. The van der Waals surface area contributed by atoms with Crippen LogP contribution in [0, 0.1) is 0 Å². The number of hydrogen-bond acceptors (Lipinski definition) is 7. The van der Waals surface area contributed by atoms with E-state index in [2.05, 4.69) is 0 Å². The van der Waals surface area contributed by atoms with Crippen LogP contribution in [0.2, 0.25) is 0 Å². The number of ketones is 1. The van der Waals surface area contributed by atoms with Gasteiger partial charge in [-0.2, -0.15) is 0 Å². The molecule has 0 aliphatic rings. The Kier molecular flexibility index (Phi) is 6.04. The Morgan fingerprint density at radius 3 is 2.00 bits per heavy atom. The van der Waals surface area contributed by atoms with Gasteiger partial charge < -0.3 is 23.4 Å². The Morgan fingerprint density at radius 2 is 1.42 bits per heavy atom. The van der Waals surface area contributed by atoms with Gasteiger partial charge in [0.1, 0.15) is 22.7 Å². The maximum absolute atomic E-state index is 13.7. The quantitative estimate of drug-likeness (QED) is 0.380. The van der Waals surface area contributed by atoms with Crippen molar-refractivity contribution < 1.29 is 28.2 Å². The normalized spacial score (nSPS) is 10.7. The molecule has 4 aromatic rings. The van der Waals surface area contributed by atoms with E-state index in [9.17, 15) is 9.59 Å². The zero-order valence-electron chi connectivity index (χ0n) is 18.6. The van der Waals surface area contributed by atoms with Crippen LogP contribution in [0.1, 0.15) is 15.9 Å². The smallest absolute Gasteiger partial charge is 0.204 e. The summed E-state index contributed by atoms with van der Waals surface area (Å²) in [7, 11) is 5.95. The molecule has 0 spiro atoms. The second-order valence-corrected chi connectivity index (χ2v) is 7.10. The molecule has 3 aromatic carbocycles. The average molecular weight is 446 g/mol. The number of benzene rings is 3. The van der Waals surface area contributed by atoms with Gasteiger partial charge in [-0.05, 0) is 48.5 Å². The van der Waals surface area contributed by atoms with Crippen LogP contribution in [0.5, 0.6) is 23.0 Å². The van der Waals surface area contributed by atoms with E-state index in [4.69, 9.17) is 23.4 Å². The van der Waals surface area contributed by atoms with Gasteiger partial charge >= 0.3 is 0 Å². The maximum Gasteiger partial charge on any atom is 0.204 e. The minimum Gasteiger partial charge on any atom is -0.497 e. The molecule has 0 N–H and O–H groups in total. The van der Waals surface area contributed by atoms with E-state index in [-0.39, 0.29) is 16.9 Å². The Labute approximate surface area is 190 Å². The van der Waals surface area contributed by atoms with Crippen molar-refractivity contribution in [3.05, 3.63) is 82.0 Å². The molecule has 0 atom stereocenters. The summed E-state index contributed by atoms with van der Waals surface area (Å²) in [5, 5.41) is 0.311. The molecular weight excluding hydrogens is 424 g/mol. The fraction of sp³-hybridized carbons (Fsp3) is 0.154. The number of hydrogen-bond donors (Lipinski definition) is 0. The first-order valence-electron chi connectivity index (χ1n) is 10.1. The van der Waals surface area contributed by atoms with Gasteiger partial charge in [0.25, 0.3) is 0 Å². The molecule has 0 bridgehead atoms. The number of carbonyl (C=O) groups is 1. The van der Waals surface area contributed by atoms with Crippen LogP contribution >= 0.6 is 0 Å². The fourth-order valence-corrected chi connectivity index (χ4v) is 3.65. The van der Waals surface area contributed by atoms with Gasteiger partial charge in [-0.25, -0.2) is 0 Å². The molecule has 7 heteroatoms. The van der Waals surface area contributed by atoms with Crippen LogP contribution in [0.4, 0.5) is 0 Å². The van der Waals surface area contributed by atoms with E-state index in [0.29, 0.717) is 39.5 Å². The molecule has 0 amide bonds. The van der Waals surface area contributed by atoms with Crippen molar-refractivity contribution in [1.82, 2.24) is 0 Å². The molecule has 1 aromatic heterocycles. The van der Waals surface area contributed by atoms with E-state index >= 15 is 0 Å². The monoisotopic (exact) mass is 446 g/mol. The van der Waals surface area contributed by atoms with Crippen LogP contribution in [-0.4, -0.2) is 34.2 Å². The van der Waals surface area contributed by atoms with Crippen molar-refractivity contribution in [2.45, 2.75) is 0 Å². The predicted octanol–water partition coefficient (Wildman–Crippen LogP) is 4.73. The van der Waals surface area contributed by atoms with Gasteiger partial charge in [0.15, 0.2) is 11.5 Å². The molecule has 0 aliphatic carbocycles. The summed E-state index contributed by atoms with van der Waals surface area (Å²) >= 11 is 0. The third kappa shape index (κ3) is 3.89. The molecule has 7 nitrogen and oxygen atoms in total. The molecule has 1 heterocycles. The lowest BCUT2D eigenvalue weighted by Crippen LogP contribution is -2.18. The zero-order valence-corrected chi connectivity index (χ0v) is 18.6. The number of fused-ring (bicyclic) bond motifs is 1. The minimum atomic E-state index is -0.528. The molecule has 4 rings (SSSR count). The third-order valence-corrected chi connectivity index (χ3v) is 5.30. The molecular formula is C26H22O7. The summed E-state index contributed by atoms with van der Waals surface area (Å²) in [5.41, 5.74) is 0.626. The summed E-state index contributed by atoms with van der Waals surface area (Å²) in [4.78, 5) is 27.2. The number of carbonyl (C=O) groups excluding carboxylic acids is 1. The summed E-state index contributed by atoms with van der Waals surface area (Å²) in [5.74, 6) is 1.23.